The summed E-state index contributed by atoms with van der Waals surface area (Å²) in [4.78, 5) is 13.4. The van der Waals surface area contributed by atoms with Gasteiger partial charge in [0.25, 0.3) is 0 Å². The first-order valence-corrected chi connectivity index (χ1v) is 7.07. The normalized spacial score (nSPS) is 12.2. The molecule has 0 aliphatic rings. The van der Waals surface area contributed by atoms with E-state index in [-0.39, 0.29) is 11.9 Å². The van der Waals surface area contributed by atoms with Crippen LogP contribution in [0.2, 0.25) is 0 Å². The summed E-state index contributed by atoms with van der Waals surface area (Å²) in [6.45, 7) is 5.55. The Hall–Kier alpha value is -0.870. The zero-order valence-corrected chi connectivity index (χ0v) is 12.8. The van der Waals surface area contributed by atoms with Crippen molar-refractivity contribution in [3.05, 3.63) is 34.3 Å². The fraction of sp³-hybridized carbons (Fsp3) is 0.500. The van der Waals surface area contributed by atoms with E-state index >= 15 is 0 Å². The largest absolute Gasteiger partial charge is 0.346 e. The summed E-state index contributed by atoms with van der Waals surface area (Å²) in [7, 11) is 1.83. The molecule has 0 saturated carbocycles. The van der Waals surface area contributed by atoms with E-state index in [1.165, 1.54) is 5.56 Å². The van der Waals surface area contributed by atoms with Crippen molar-refractivity contribution in [3.8, 4) is 0 Å². The second-order valence-electron chi connectivity index (χ2n) is 4.36. The van der Waals surface area contributed by atoms with Crippen LogP contribution in [0.25, 0.3) is 0 Å². The molecule has 1 aromatic carbocycles. The molecular formula is C14H21BrN2O. The minimum Gasteiger partial charge on any atom is -0.346 e. The first-order chi connectivity index (χ1) is 8.56. The number of carbonyl (C=O) groups excluding carboxylic acids is 1. The first-order valence-electron chi connectivity index (χ1n) is 6.28. The van der Waals surface area contributed by atoms with Gasteiger partial charge in [-0.1, -0.05) is 34.1 Å². The Balaban J connectivity index is 2.41. The van der Waals surface area contributed by atoms with E-state index in [0.717, 1.165) is 11.0 Å². The molecule has 4 heteroatoms. The van der Waals surface area contributed by atoms with Crippen LogP contribution in [-0.4, -0.2) is 30.9 Å². The lowest BCUT2D eigenvalue weighted by molar-refractivity contribution is -0.129. The fourth-order valence-electron chi connectivity index (χ4n) is 1.70. The van der Waals surface area contributed by atoms with Crippen LogP contribution in [0.1, 0.15) is 31.9 Å². The van der Waals surface area contributed by atoms with Gasteiger partial charge in [0.05, 0.1) is 0 Å². The van der Waals surface area contributed by atoms with Crippen molar-refractivity contribution in [2.45, 2.75) is 26.3 Å². The van der Waals surface area contributed by atoms with Crippen molar-refractivity contribution in [2.75, 3.05) is 20.1 Å². The molecule has 0 fully saturated rings. The SMILES string of the molecule is CCN(C)C(=O)CCNC(C)c1ccccc1Br. The van der Waals surface area contributed by atoms with Gasteiger partial charge in [-0.3, -0.25) is 4.79 Å². The number of benzene rings is 1. The summed E-state index contributed by atoms with van der Waals surface area (Å²) in [5, 5.41) is 3.37. The van der Waals surface area contributed by atoms with E-state index in [1.807, 2.05) is 32.2 Å². The van der Waals surface area contributed by atoms with Gasteiger partial charge in [-0.15, -0.1) is 0 Å². The van der Waals surface area contributed by atoms with E-state index in [9.17, 15) is 4.79 Å². The fourth-order valence-corrected chi connectivity index (χ4v) is 2.33. The number of halogens is 1. The molecule has 100 valence electrons. The molecule has 18 heavy (non-hydrogen) atoms. The van der Waals surface area contributed by atoms with Crippen LogP contribution < -0.4 is 5.32 Å². The number of rotatable bonds is 6. The van der Waals surface area contributed by atoms with Gasteiger partial charge in [-0.05, 0) is 25.5 Å². The van der Waals surface area contributed by atoms with Crippen LogP contribution in [0.4, 0.5) is 0 Å². The highest BCUT2D eigenvalue weighted by atomic mass is 79.9. The van der Waals surface area contributed by atoms with Crippen LogP contribution in [0.5, 0.6) is 0 Å². The minimum absolute atomic E-state index is 0.185. The topological polar surface area (TPSA) is 32.3 Å². The molecule has 1 N–H and O–H groups in total. The van der Waals surface area contributed by atoms with E-state index in [0.29, 0.717) is 13.0 Å². The van der Waals surface area contributed by atoms with E-state index < -0.39 is 0 Å². The lowest BCUT2D eigenvalue weighted by atomic mass is 10.1. The summed E-state index contributed by atoms with van der Waals surface area (Å²) in [5.74, 6) is 0.185. The highest BCUT2D eigenvalue weighted by Gasteiger charge is 2.10. The lowest BCUT2D eigenvalue weighted by Gasteiger charge is -2.18. The molecule has 1 atom stereocenters. The Morgan fingerprint density at radius 2 is 2.11 bits per heavy atom. The average molecular weight is 313 g/mol. The van der Waals surface area contributed by atoms with E-state index in [2.05, 4.69) is 34.2 Å². The van der Waals surface area contributed by atoms with E-state index in [4.69, 9.17) is 0 Å². The maximum Gasteiger partial charge on any atom is 0.223 e. The number of nitrogens with zero attached hydrogens (tertiary/aromatic N) is 1. The molecule has 0 spiro atoms. The second kappa shape index (κ2) is 7.54. The number of hydrogen-bond acceptors (Lipinski definition) is 2. The number of hydrogen-bond donors (Lipinski definition) is 1. The van der Waals surface area contributed by atoms with Crippen LogP contribution in [0, 0.1) is 0 Å². The van der Waals surface area contributed by atoms with Crippen LogP contribution >= 0.6 is 15.9 Å². The third-order valence-electron chi connectivity index (χ3n) is 3.06. The molecular weight excluding hydrogens is 292 g/mol. The van der Waals surface area contributed by atoms with Crippen molar-refractivity contribution < 1.29 is 4.79 Å². The summed E-state index contributed by atoms with van der Waals surface area (Å²) in [6.07, 6.45) is 0.541. The molecule has 1 rings (SSSR count). The minimum atomic E-state index is 0.185. The van der Waals surface area contributed by atoms with Crippen LogP contribution in [0.3, 0.4) is 0 Å². The van der Waals surface area contributed by atoms with Crippen molar-refractivity contribution in [1.29, 1.82) is 0 Å². The third-order valence-corrected chi connectivity index (χ3v) is 3.78. The molecule has 1 unspecified atom stereocenters. The molecule has 0 aliphatic carbocycles. The zero-order valence-electron chi connectivity index (χ0n) is 11.2. The standard InChI is InChI=1S/C14H21BrN2O/c1-4-17(3)14(18)9-10-16-11(2)12-7-5-6-8-13(12)15/h5-8,11,16H,4,9-10H2,1-3H3. The summed E-state index contributed by atoms with van der Waals surface area (Å²) in [6, 6.07) is 8.37. The number of nitrogens with one attached hydrogen (secondary N) is 1. The Kier molecular flexibility index (Phi) is 6.36. The monoisotopic (exact) mass is 312 g/mol. The smallest absolute Gasteiger partial charge is 0.223 e. The Bertz CT molecular complexity index is 395. The number of amides is 1. The van der Waals surface area contributed by atoms with Crippen molar-refractivity contribution in [3.63, 3.8) is 0 Å². The highest BCUT2D eigenvalue weighted by molar-refractivity contribution is 9.10. The maximum atomic E-state index is 11.6. The van der Waals surface area contributed by atoms with Gasteiger partial charge >= 0.3 is 0 Å². The molecule has 1 aromatic rings. The quantitative estimate of drug-likeness (QED) is 0.876. The van der Waals surface area contributed by atoms with Gasteiger partial charge in [0.15, 0.2) is 0 Å². The van der Waals surface area contributed by atoms with Crippen LogP contribution in [-0.2, 0) is 4.79 Å². The summed E-state index contributed by atoms with van der Waals surface area (Å²) < 4.78 is 1.10. The summed E-state index contributed by atoms with van der Waals surface area (Å²) >= 11 is 3.54. The van der Waals surface area contributed by atoms with Gasteiger partial charge < -0.3 is 10.2 Å². The van der Waals surface area contributed by atoms with Gasteiger partial charge in [0.1, 0.15) is 0 Å². The van der Waals surface area contributed by atoms with Crippen LogP contribution in [0.15, 0.2) is 28.7 Å². The molecule has 0 bridgehead atoms. The molecule has 1 amide bonds. The predicted octanol–water partition coefficient (Wildman–Crippen LogP) is 2.97. The second-order valence-corrected chi connectivity index (χ2v) is 5.21. The third kappa shape index (κ3) is 4.42. The van der Waals surface area contributed by atoms with Gasteiger partial charge in [0, 0.05) is 37.1 Å². The molecule has 3 nitrogen and oxygen atoms in total. The average Bonchev–Trinajstić information content (AvgIpc) is 2.37. The molecule has 0 saturated heterocycles. The molecule has 0 aromatic heterocycles. The maximum absolute atomic E-state index is 11.6. The van der Waals surface area contributed by atoms with Gasteiger partial charge in [0.2, 0.25) is 5.91 Å². The van der Waals surface area contributed by atoms with Gasteiger partial charge in [-0.2, -0.15) is 0 Å². The van der Waals surface area contributed by atoms with Crippen molar-refractivity contribution in [1.82, 2.24) is 10.2 Å². The summed E-state index contributed by atoms with van der Waals surface area (Å²) in [5.41, 5.74) is 1.22. The Morgan fingerprint density at radius 1 is 1.44 bits per heavy atom. The van der Waals surface area contributed by atoms with E-state index in [1.54, 1.807) is 4.90 Å². The Labute approximate surface area is 118 Å². The highest BCUT2D eigenvalue weighted by Crippen LogP contribution is 2.22. The Morgan fingerprint density at radius 3 is 2.72 bits per heavy atom. The molecule has 0 radical (unpaired) electrons. The first kappa shape index (κ1) is 15.2. The van der Waals surface area contributed by atoms with Gasteiger partial charge in [-0.25, -0.2) is 0 Å². The molecule has 0 heterocycles. The zero-order chi connectivity index (χ0) is 13.5. The molecule has 0 aliphatic heterocycles. The van der Waals surface area contributed by atoms with Crippen molar-refractivity contribution in [2.24, 2.45) is 0 Å². The lowest BCUT2D eigenvalue weighted by Crippen LogP contribution is -2.30. The predicted molar refractivity (Wildman–Crippen MR) is 78.5 cm³/mol. The number of carbonyl (C=O) groups is 1. The van der Waals surface area contributed by atoms with Crippen molar-refractivity contribution >= 4 is 21.8 Å².